The highest BCUT2D eigenvalue weighted by atomic mass is 32.1. The molecule has 7 heteroatoms. The largest absolute Gasteiger partial charge is 0.331 e. The molecule has 1 N–H and O–H groups in total. The Morgan fingerprint density at radius 1 is 1.32 bits per heavy atom. The minimum atomic E-state index is -0.0827. The zero-order chi connectivity index (χ0) is 17.8. The lowest BCUT2D eigenvalue weighted by Gasteiger charge is -2.21. The van der Waals surface area contributed by atoms with Gasteiger partial charge in [-0.15, -0.1) is 11.3 Å². The molecule has 0 bridgehead atoms. The molecule has 0 radical (unpaired) electrons. The standard InChI is InChI=1S/C18H21N5OS/c1-13-8-9-25-17(13)10-22(3)18(24)21-14(2)15-4-6-16(7-5-15)23-12-19-11-20-23/h4-9,11-12,14H,10H2,1-3H3,(H,21,24). The van der Waals surface area contributed by atoms with E-state index in [1.807, 2.05) is 38.2 Å². The first-order valence-corrected chi connectivity index (χ1v) is 8.92. The fourth-order valence-corrected chi connectivity index (χ4v) is 3.45. The maximum Gasteiger partial charge on any atom is 0.317 e. The Kier molecular flexibility index (Phi) is 5.14. The Balaban J connectivity index is 1.60. The first kappa shape index (κ1) is 17.2. The number of carbonyl (C=O) groups is 1. The predicted octanol–water partition coefficient (Wildman–Crippen LogP) is 3.54. The molecule has 0 saturated heterocycles. The number of hydrogen-bond donors (Lipinski definition) is 1. The van der Waals surface area contributed by atoms with E-state index in [2.05, 4.69) is 33.8 Å². The van der Waals surface area contributed by atoms with Crippen LogP contribution in [-0.2, 0) is 6.54 Å². The second-order valence-electron chi connectivity index (χ2n) is 5.99. The van der Waals surface area contributed by atoms with Gasteiger partial charge in [0.05, 0.1) is 18.3 Å². The van der Waals surface area contributed by atoms with E-state index in [-0.39, 0.29) is 12.1 Å². The molecule has 0 saturated carbocycles. The average Bonchev–Trinajstić information content (AvgIpc) is 3.27. The number of rotatable bonds is 5. The molecule has 1 unspecified atom stereocenters. The molecule has 130 valence electrons. The van der Waals surface area contributed by atoms with Crippen LogP contribution in [-0.4, -0.2) is 32.7 Å². The monoisotopic (exact) mass is 355 g/mol. The Hall–Kier alpha value is -2.67. The van der Waals surface area contributed by atoms with Crippen LogP contribution in [0.4, 0.5) is 4.79 Å². The van der Waals surface area contributed by atoms with Gasteiger partial charge in [-0.2, -0.15) is 5.10 Å². The Morgan fingerprint density at radius 3 is 2.68 bits per heavy atom. The number of nitrogens with one attached hydrogen (secondary N) is 1. The SMILES string of the molecule is Cc1ccsc1CN(C)C(=O)NC(C)c1ccc(-n2cncn2)cc1. The Morgan fingerprint density at radius 2 is 2.08 bits per heavy atom. The van der Waals surface area contributed by atoms with Crippen LogP contribution < -0.4 is 5.32 Å². The molecular weight excluding hydrogens is 334 g/mol. The van der Waals surface area contributed by atoms with Crippen LogP contribution in [0.3, 0.4) is 0 Å². The van der Waals surface area contributed by atoms with Crippen molar-refractivity contribution in [1.82, 2.24) is 25.0 Å². The van der Waals surface area contributed by atoms with Crippen molar-refractivity contribution >= 4 is 17.4 Å². The molecule has 0 aliphatic heterocycles. The van der Waals surface area contributed by atoms with Crippen LogP contribution in [0.1, 0.15) is 29.0 Å². The number of amides is 2. The average molecular weight is 355 g/mol. The van der Waals surface area contributed by atoms with Crippen LogP contribution in [0, 0.1) is 6.92 Å². The van der Waals surface area contributed by atoms with E-state index in [1.165, 1.54) is 16.8 Å². The predicted molar refractivity (Wildman–Crippen MR) is 98.8 cm³/mol. The smallest absolute Gasteiger partial charge is 0.317 e. The van der Waals surface area contributed by atoms with Crippen molar-refractivity contribution in [1.29, 1.82) is 0 Å². The van der Waals surface area contributed by atoms with Gasteiger partial charge in [-0.25, -0.2) is 14.5 Å². The summed E-state index contributed by atoms with van der Waals surface area (Å²) in [7, 11) is 1.81. The summed E-state index contributed by atoms with van der Waals surface area (Å²) in [5.74, 6) is 0. The highest BCUT2D eigenvalue weighted by Gasteiger charge is 2.15. The van der Waals surface area contributed by atoms with E-state index in [0.29, 0.717) is 6.54 Å². The van der Waals surface area contributed by atoms with Crippen molar-refractivity contribution in [2.24, 2.45) is 0 Å². The lowest BCUT2D eigenvalue weighted by Crippen LogP contribution is -2.38. The molecule has 2 aromatic heterocycles. The molecule has 0 aliphatic rings. The minimum absolute atomic E-state index is 0.0795. The van der Waals surface area contributed by atoms with Crippen LogP contribution in [0.2, 0.25) is 0 Å². The molecule has 1 aromatic carbocycles. The lowest BCUT2D eigenvalue weighted by molar-refractivity contribution is 0.204. The summed E-state index contributed by atoms with van der Waals surface area (Å²) < 4.78 is 1.70. The summed E-state index contributed by atoms with van der Waals surface area (Å²) in [5, 5.41) is 9.20. The molecular formula is C18H21N5OS. The Labute approximate surface area is 151 Å². The van der Waals surface area contributed by atoms with Crippen LogP contribution in [0.15, 0.2) is 48.4 Å². The van der Waals surface area contributed by atoms with Gasteiger partial charge in [-0.05, 0) is 48.6 Å². The quantitative estimate of drug-likeness (QED) is 0.761. The molecule has 2 amide bonds. The number of carbonyl (C=O) groups excluding carboxylic acids is 1. The highest BCUT2D eigenvalue weighted by Crippen LogP contribution is 2.18. The number of hydrogen-bond acceptors (Lipinski definition) is 4. The lowest BCUT2D eigenvalue weighted by atomic mass is 10.1. The number of nitrogens with zero attached hydrogens (tertiary/aromatic N) is 4. The van der Waals surface area contributed by atoms with Crippen molar-refractivity contribution in [2.75, 3.05) is 7.05 Å². The van der Waals surface area contributed by atoms with Gasteiger partial charge in [-0.3, -0.25) is 0 Å². The summed E-state index contributed by atoms with van der Waals surface area (Å²) in [4.78, 5) is 19.3. The van der Waals surface area contributed by atoms with E-state index >= 15 is 0 Å². The van der Waals surface area contributed by atoms with Gasteiger partial charge in [0, 0.05) is 11.9 Å². The summed E-state index contributed by atoms with van der Waals surface area (Å²) >= 11 is 1.68. The normalized spacial score (nSPS) is 12.0. The van der Waals surface area contributed by atoms with E-state index in [4.69, 9.17) is 0 Å². The van der Waals surface area contributed by atoms with Crippen LogP contribution in [0.5, 0.6) is 0 Å². The van der Waals surface area contributed by atoms with E-state index < -0.39 is 0 Å². The minimum Gasteiger partial charge on any atom is -0.331 e. The van der Waals surface area contributed by atoms with Crippen molar-refractivity contribution in [3.63, 3.8) is 0 Å². The number of aromatic nitrogens is 3. The van der Waals surface area contributed by atoms with Gasteiger partial charge in [-0.1, -0.05) is 12.1 Å². The van der Waals surface area contributed by atoms with Crippen molar-refractivity contribution in [3.8, 4) is 5.69 Å². The zero-order valence-electron chi connectivity index (χ0n) is 14.5. The van der Waals surface area contributed by atoms with E-state index in [9.17, 15) is 4.79 Å². The maximum absolute atomic E-state index is 12.4. The topological polar surface area (TPSA) is 63.1 Å². The third-order valence-electron chi connectivity index (χ3n) is 4.11. The van der Waals surface area contributed by atoms with Crippen molar-refractivity contribution in [2.45, 2.75) is 26.4 Å². The molecule has 3 rings (SSSR count). The number of benzene rings is 1. The second kappa shape index (κ2) is 7.48. The van der Waals surface area contributed by atoms with Crippen LogP contribution >= 0.6 is 11.3 Å². The Bertz CT molecular complexity index is 826. The number of urea groups is 1. The summed E-state index contributed by atoms with van der Waals surface area (Å²) in [6, 6.07) is 9.82. The van der Waals surface area contributed by atoms with E-state index in [0.717, 1.165) is 11.3 Å². The van der Waals surface area contributed by atoms with Gasteiger partial charge in [0.1, 0.15) is 12.7 Å². The second-order valence-corrected chi connectivity index (χ2v) is 6.99. The van der Waals surface area contributed by atoms with Gasteiger partial charge in [0.2, 0.25) is 0 Å². The molecule has 25 heavy (non-hydrogen) atoms. The molecule has 2 heterocycles. The molecule has 6 nitrogen and oxygen atoms in total. The molecule has 1 atom stereocenters. The first-order valence-electron chi connectivity index (χ1n) is 8.04. The molecule has 0 fully saturated rings. The fraction of sp³-hybridized carbons (Fsp3) is 0.278. The van der Waals surface area contributed by atoms with Crippen LogP contribution in [0.25, 0.3) is 5.69 Å². The highest BCUT2D eigenvalue weighted by molar-refractivity contribution is 7.10. The van der Waals surface area contributed by atoms with Gasteiger partial charge in [0.15, 0.2) is 0 Å². The summed E-state index contributed by atoms with van der Waals surface area (Å²) in [6.45, 7) is 4.66. The number of thiophene rings is 1. The van der Waals surface area contributed by atoms with Crippen molar-refractivity contribution in [3.05, 3.63) is 64.4 Å². The van der Waals surface area contributed by atoms with Crippen molar-refractivity contribution < 1.29 is 4.79 Å². The molecule has 3 aromatic rings. The molecule has 0 spiro atoms. The van der Waals surface area contributed by atoms with Gasteiger partial charge >= 0.3 is 6.03 Å². The fourth-order valence-electron chi connectivity index (χ4n) is 2.49. The van der Waals surface area contributed by atoms with E-state index in [1.54, 1.807) is 27.2 Å². The maximum atomic E-state index is 12.4. The summed E-state index contributed by atoms with van der Waals surface area (Å²) in [6.07, 6.45) is 3.16. The molecule has 0 aliphatic carbocycles. The zero-order valence-corrected chi connectivity index (χ0v) is 15.3. The first-order chi connectivity index (χ1) is 12.0. The van der Waals surface area contributed by atoms with Gasteiger partial charge < -0.3 is 10.2 Å². The number of aryl methyl sites for hydroxylation is 1. The third-order valence-corrected chi connectivity index (χ3v) is 5.12. The third kappa shape index (κ3) is 4.06. The summed E-state index contributed by atoms with van der Waals surface area (Å²) in [5.41, 5.74) is 3.20. The van der Waals surface area contributed by atoms with Gasteiger partial charge in [0.25, 0.3) is 0 Å².